The molecule has 0 aliphatic carbocycles. The first-order valence-corrected chi connectivity index (χ1v) is 9.78. The molecule has 4 nitrogen and oxygen atoms in total. The summed E-state index contributed by atoms with van der Waals surface area (Å²) in [7, 11) is 1.51. The summed E-state index contributed by atoms with van der Waals surface area (Å²) in [6.45, 7) is -0.0428. The van der Waals surface area contributed by atoms with E-state index in [4.69, 9.17) is 32.7 Å². The average molecular weight is 444 g/mol. The van der Waals surface area contributed by atoms with Gasteiger partial charge in [0, 0.05) is 21.7 Å². The van der Waals surface area contributed by atoms with Crippen LogP contribution in [0.15, 0.2) is 54.6 Å². The first kappa shape index (κ1) is 20.3. The summed E-state index contributed by atoms with van der Waals surface area (Å²) < 4.78 is 25.1. The van der Waals surface area contributed by atoms with Gasteiger partial charge in [0.2, 0.25) is 0 Å². The molecule has 0 radical (unpaired) electrons. The molecule has 3 aromatic rings. The van der Waals surface area contributed by atoms with Crippen molar-refractivity contribution < 1.29 is 18.7 Å². The third-order valence-corrected chi connectivity index (χ3v) is 5.29. The van der Waals surface area contributed by atoms with Crippen LogP contribution in [-0.4, -0.2) is 13.0 Å². The van der Waals surface area contributed by atoms with Gasteiger partial charge in [-0.3, -0.25) is 4.79 Å². The Balaban J connectivity index is 1.60. The number of benzene rings is 3. The zero-order valence-electron chi connectivity index (χ0n) is 15.8. The highest BCUT2D eigenvalue weighted by atomic mass is 35.5. The van der Waals surface area contributed by atoms with Crippen LogP contribution >= 0.6 is 23.2 Å². The smallest absolute Gasteiger partial charge is 0.256 e. The molecule has 30 heavy (non-hydrogen) atoms. The van der Waals surface area contributed by atoms with E-state index in [1.165, 1.54) is 19.2 Å². The molecule has 0 unspecified atom stereocenters. The quantitative estimate of drug-likeness (QED) is 0.476. The number of nitrogens with one attached hydrogen (secondary N) is 1. The van der Waals surface area contributed by atoms with Crippen molar-refractivity contribution in [3.05, 3.63) is 87.2 Å². The summed E-state index contributed by atoms with van der Waals surface area (Å²) >= 11 is 12.0. The zero-order chi connectivity index (χ0) is 21.3. The van der Waals surface area contributed by atoms with Gasteiger partial charge in [0.15, 0.2) is 11.5 Å². The second-order valence-electron chi connectivity index (χ2n) is 6.60. The molecule has 1 N–H and O–H groups in total. The molecule has 0 saturated carbocycles. The van der Waals surface area contributed by atoms with E-state index in [1.807, 2.05) is 0 Å². The zero-order valence-corrected chi connectivity index (χ0v) is 17.4. The molecule has 1 amide bonds. The predicted octanol–water partition coefficient (Wildman–Crippen LogP) is 6.21. The highest BCUT2D eigenvalue weighted by Crippen LogP contribution is 2.36. The van der Waals surface area contributed by atoms with Gasteiger partial charge in [-0.1, -0.05) is 41.4 Å². The van der Waals surface area contributed by atoms with Gasteiger partial charge >= 0.3 is 0 Å². The van der Waals surface area contributed by atoms with E-state index >= 15 is 0 Å². The van der Waals surface area contributed by atoms with Gasteiger partial charge in [0.25, 0.3) is 5.91 Å². The second kappa shape index (κ2) is 8.38. The topological polar surface area (TPSA) is 47.6 Å². The molecule has 4 rings (SSSR count). The number of rotatable bonds is 5. The molecular formula is C23H16Cl2FNO3. The number of fused-ring (bicyclic) bond motifs is 1. The van der Waals surface area contributed by atoms with Gasteiger partial charge in [-0.15, -0.1) is 0 Å². The number of anilines is 1. The Labute approximate surface area is 182 Å². The molecule has 1 aliphatic rings. The van der Waals surface area contributed by atoms with Gasteiger partial charge in [0.1, 0.15) is 12.4 Å². The lowest BCUT2D eigenvalue weighted by atomic mass is 10.0. The fourth-order valence-corrected chi connectivity index (χ4v) is 3.58. The standard InChI is InChI=1S/C23H16Cl2FNO3/c1-29-22-10-13(9-16-15-7-6-14(24)11-20(15)27-23(16)28)5-8-21(22)30-12-17-18(25)3-2-4-19(17)26/h2-11H,12H2,1H3,(H,27,28)/b16-9+. The van der Waals surface area contributed by atoms with E-state index in [2.05, 4.69) is 5.32 Å². The highest BCUT2D eigenvalue weighted by Gasteiger charge is 2.24. The van der Waals surface area contributed by atoms with Crippen LogP contribution in [0.4, 0.5) is 10.1 Å². The Morgan fingerprint density at radius 3 is 2.67 bits per heavy atom. The maximum Gasteiger partial charge on any atom is 0.256 e. The SMILES string of the molecule is COc1cc(/C=C2/C(=O)Nc3cc(Cl)ccc32)ccc1OCc1c(F)cccc1Cl. The van der Waals surface area contributed by atoms with Crippen molar-refractivity contribution >= 4 is 46.4 Å². The largest absolute Gasteiger partial charge is 0.493 e. The number of ether oxygens (including phenoxy) is 2. The number of hydrogen-bond donors (Lipinski definition) is 1. The van der Waals surface area contributed by atoms with Crippen LogP contribution in [0.25, 0.3) is 11.6 Å². The van der Waals surface area contributed by atoms with Crippen LogP contribution in [-0.2, 0) is 11.4 Å². The van der Waals surface area contributed by atoms with E-state index < -0.39 is 5.82 Å². The lowest BCUT2D eigenvalue weighted by Gasteiger charge is -2.13. The molecule has 0 spiro atoms. The molecule has 152 valence electrons. The van der Waals surface area contributed by atoms with Crippen LogP contribution < -0.4 is 14.8 Å². The Bertz CT molecular complexity index is 1160. The third kappa shape index (κ3) is 3.99. The summed E-state index contributed by atoms with van der Waals surface area (Å²) in [6, 6.07) is 14.9. The Kier molecular flexibility index (Phi) is 5.66. The molecule has 1 heterocycles. The summed E-state index contributed by atoms with van der Waals surface area (Å²) in [6.07, 6.45) is 1.76. The minimum Gasteiger partial charge on any atom is -0.493 e. The minimum absolute atomic E-state index is 0.0428. The maximum atomic E-state index is 14.0. The fourth-order valence-electron chi connectivity index (χ4n) is 3.19. The van der Waals surface area contributed by atoms with Gasteiger partial charge in [0.05, 0.1) is 17.8 Å². The number of halogens is 3. The second-order valence-corrected chi connectivity index (χ2v) is 7.44. The summed E-state index contributed by atoms with van der Waals surface area (Å²) in [5.74, 6) is 0.239. The first-order chi connectivity index (χ1) is 14.5. The molecule has 7 heteroatoms. The molecule has 0 bridgehead atoms. The van der Waals surface area contributed by atoms with Gasteiger partial charge in [-0.05, 0) is 48.0 Å². The van der Waals surface area contributed by atoms with E-state index in [9.17, 15) is 9.18 Å². The molecule has 3 aromatic carbocycles. The van der Waals surface area contributed by atoms with Crippen molar-refractivity contribution in [3.63, 3.8) is 0 Å². The van der Waals surface area contributed by atoms with Crippen molar-refractivity contribution in [2.24, 2.45) is 0 Å². The first-order valence-electron chi connectivity index (χ1n) is 9.03. The Morgan fingerprint density at radius 2 is 1.90 bits per heavy atom. The summed E-state index contributed by atoms with van der Waals surface area (Å²) in [5.41, 5.74) is 2.99. The number of hydrogen-bond acceptors (Lipinski definition) is 3. The van der Waals surface area contributed by atoms with Crippen molar-refractivity contribution in [3.8, 4) is 11.5 Å². The van der Waals surface area contributed by atoms with Crippen molar-refractivity contribution in [1.29, 1.82) is 0 Å². The number of amides is 1. The summed E-state index contributed by atoms with van der Waals surface area (Å²) in [4.78, 5) is 12.4. The van der Waals surface area contributed by atoms with Crippen LogP contribution in [0.5, 0.6) is 11.5 Å². The molecule has 0 aromatic heterocycles. The van der Waals surface area contributed by atoms with Gasteiger partial charge in [-0.25, -0.2) is 4.39 Å². The Hall–Kier alpha value is -3.02. The number of carbonyl (C=O) groups is 1. The third-order valence-electron chi connectivity index (χ3n) is 4.70. The molecule has 0 atom stereocenters. The lowest BCUT2D eigenvalue weighted by molar-refractivity contribution is -0.110. The van der Waals surface area contributed by atoms with Crippen molar-refractivity contribution in [1.82, 2.24) is 0 Å². The molecular weight excluding hydrogens is 428 g/mol. The van der Waals surface area contributed by atoms with Crippen LogP contribution in [0, 0.1) is 5.82 Å². The summed E-state index contributed by atoms with van der Waals surface area (Å²) in [5, 5.41) is 3.64. The Morgan fingerprint density at radius 1 is 1.07 bits per heavy atom. The fraction of sp³-hybridized carbons (Fsp3) is 0.0870. The van der Waals surface area contributed by atoms with Crippen molar-refractivity contribution in [2.75, 3.05) is 12.4 Å². The monoisotopic (exact) mass is 443 g/mol. The van der Waals surface area contributed by atoms with E-state index in [-0.39, 0.29) is 18.1 Å². The average Bonchev–Trinajstić information content (AvgIpc) is 3.02. The minimum atomic E-state index is -0.436. The van der Waals surface area contributed by atoms with Crippen LogP contribution in [0.2, 0.25) is 10.0 Å². The van der Waals surface area contributed by atoms with Gasteiger partial charge in [-0.2, -0.15) is 0 Å². The van der Waals surface area contributed by atoms with E-state index in [0.29, 0.717) is 32.8 Å². The maximum absolute atomic E-state index is 14.0. The van der Waals surface area contributed by atoms with Crippen LogP contribution in [0.3, 0.4) is 0 Å². The van der Waals surface area contributed by atoms with E-state index in [1.54, 1.807) is 48.5 Å². The molecule has 1 aliphatic heterocycles. The normalized spacial score (nSPS) is 13.9. The predicted molar refractivity (Wildman–Crippen MR) is 117 cm³/mol. The highest BCUT2D eigenvalue weighted by molar-refractivity contribution is 6.36. The molecule has 0 fully saturated rings. The van der Waals surface area contributed by atoms with Crippen molar-refractivity contribution in [2.45, 2.75) is 6.61 Å². The molecule has 0 saturated heterocycles. The van der Waals surface area contributed by atoms with Gasteiger partial charge < -0.3 is 14.8 Å². The lowest BCUT2D eigenvalue weighted by Crippen LogP contribution is -2.03. The number of carbonyl (C=O) groups excluding carboxylic acids is 1. The number of methoxy groups -OCH3 is 1. The van der Waals surface area contributed by atoms with Crippen LogP contribution in [0.1, 0.15) is 16.7 Å². The van der Waals surface area contributed by atoms with E-state index in [0.717, 1.165) is 11.1 Å².